The summed E-state index contributed by atoms with van der Waals surface area (Å²) in [6.07, 6.45) is 2.01. The fourth-order valence-corrected chi connectivity index (χ4v) is 3.07. The van der Waals surface area contributed by atoms with E-state index in [2.05, 4.69) is 21.2 Å². The maximum absolute atomic E-state index is 5.85. The number of nitrogens with one attached hydrogen (secondary N) is 1. The third kappa shape index (κ3) is 3.29. The average Bonchev–Trinajstić information content (AvgIpc) is 2.40. The highest BCUT2D eigenvalue weighted by Crippen LogP contribution is 2.31. The number of thiocarbonyl (C=S) groups is 1. The summed E-state index contributed by atoms with van der Waals surface area (Å²) in [6.45, 7) is 0. The smallest absolute Gasteiger partial charge is 0.107 e. The molecule has 0 spiro atoms. The molecule has 0 aliphatic heterocycles. The molecule has 0 radical (unpaired) electrons. The lowest BCUT2D eigenvalue weighted by Gasteiger charge is -2.15. The molecule has 0 aliphatic carbocycles. The monoisotopic (exact) mass is 352 g/mol. The lowest BCUT2D eigenvalue weighted by molar-refractivity contribution is 1.39. The molecule has 2 aromatic carbocycles. The van der Waals surface area contributed by atoms with Gasteiger partial charge in [0.25, 0.3) is 0 Å². The van der Waals surface area contributed by atoms with Crippen molar-refractivity contribution in [2.24, 2.45) is 5.73 Å². The van der Waals surface area contributed by atoms with Gasteiger partial charge >= 0.3 is 0 Å². The van der Waals surface area contributed by atoms with Crippen LogP contribution in [-0.2, 0) is 0 Å². The number of benzene rings is 2. The zero-order valence-electron chi connectivity index (χ0n) is 10.3. The number of hydrogen-bond acceptors (Lipinski definition) is 3. The van der Waals surface area contributed by atoms with Gasteiger partial charge in [-0.2, -0.15) is 0 Å². The maximum Gasteiger partial charge on any atom is 0.107 e. The van der Waals surface area contributed by atoms with Crippen LogP contribution in [-0.4, -0.2) is 11.2 Å². The van der Waals surface area contributed by atoms with E-state index in [-0.39, 0.29) is 0 Å². The van der Waals surface area contributed by atoms with Gasteiger partial charge in [0.15, 0.2) is 0 Å². The second-order valence-corrected chi connectivity index (χ2v) is 5.99. The fourth-order valence-electron chi connectivity index (χ4n) is 1.77. The third-order valence-corrected chi connectivity index (χ3v) is 4.31. The normalized spacial score (nSPS) is 10.2. The lowest BCUT2D eigenvalue weighted by atomic mass is 10.1. The number of para-hydroxylation sites is 1. The first-order chi connectivity index (χ1) is 9.13. The van der Waals surface area contributed by atoms with Crippen LogP contribution >= 0.6 is 39.9 Å². The van der Waals surface area contributed by atoms with E-state index in [1.165, 1.54) is 0 Å². The van der Waals surface area contributed by atoms with Crippen LogP contribution in [0.25, 0.3) is 0 Å². The van der Waals surface area contributed by atoms with Gasteiger partial charge in [-0.3, -0.25) is 0 Å². The summed E-state index contributed by atoms with van der Waals surface area (Å²) in [4.78, 5) is 1.48. The van der Waals surface area contributed by atoms with E-state index in [9.17, 15) is 0 Å². The van der Waals surface area contributed by atoms with Gasteiger partial charge in [0, 0.05) is 20.6 Å². The highest BCUT2D eigenvalue weighted by Gasteiger charge is 2.11. The second-order valence-electron chi connectivity index (χ2n) is 3.85. The summed E-state index contributed by atoms with van der Waals surface area (Å²) < 4.78 is 0.999. The van der Waals surface area contributed by atoms with Gasteiger partial charge in [-0.05, 0) is 46.5 Å². The van der Waals surface area contributed by atoms with Crippen molar-refractivity contribution in [2.75, 3.05) is 11.6 Å². The molecule has 2 rings (SSSR count). The van der Waals surface area contributed by atoms with E-state index >= 15 is 0 Å². The molecule has 2 nitrogen and oxygen atoms in total. The zero-order chi connectivity index (χ0) is 13.8. The van der Waals surface area contributed by atoms with Crippen molar-refractivity contribution in [1.82, 2.24) is 0 Å². The quantitative estimate of drug-likeness (QED) is 0.625. The number of thioether (sulfide) groups is 1. The highest BCUT2D eigenvalue weighted by atomic mass is 79.9. The Bertz CT molecular complexity index is 614. The van der Waals surface area contributed by atoms with Gasteiger partial charge in [0.2, 0.25) is 0 Å². The number of halogens is 1. The van der Waals surface area contributed by atoms with E-state index in [1.807, 2.05) is 48.7 Å². The Kier molecular flexibility index (Phi) is 4.85. The number of anilines is 2. The van der Waals surface area contributed by atoms with E-state index in [0.717, 1.165) is 26.3 Å². The summed E-state index contributed by atoms with van der Waals surface area (Å²) in [7, 11) is 0. The molecule has 3 N–H and O–H groups in total. The van der Waals surface area contributed by atoms with Crippen molar-refractivity contribution in [2.45, 2.75) is 4.90 Å². The first kappa shape index (κ1) is 14.4. The second kappa shape index (κ2) is 6.41. The largest absolute Gasteiger partial charge is 0.389 e. The first-order valence-corrected chi connectivity index (χ1v) is 8.04. The predicted octanol–water partition coefficient (Wildman–Crippen LogP) is 4.55. The molecule has 0 amide bonds. The Labute approximate surface area is 130 Å². The van der Waals surface area contributed by atoms with Crippen LogP contribution in [0, 0.1) is 0 Å². The van der Waals surface area contributed by atoms with Crippen molar-refractivity contribution in [1.29, 1.82) is 0 Å². The molecular weight excluding hydrogens is 340 g/mol. The summed E-state index contributed by atoms with van der Waals surface area (Å²) in [5, 5.41) is 3.37. The standard InChI is InChI=1S/C14H13BrN2S2/c1-19-12-8-4-7-11(13(12)14(16)18)17-10-6-3-2-5-9(10)15/h2-8,17H,1H3,(H2,16,18). The molecule has 0 atom stereocenters. The molecule has 98 valence electrons. The average molecular weight is 353 g/mol. The molecule has 0 saturated heterocycles. The Hall–Kier alpha value is -1.04. The molecule has 0 aromatic heterocycles. The number of nitrogens with two attached hydrogens (primary N) is 1. The van der Waals surface area contributed by atoms with E-state index in [4.69, 9.17) is 18.0 Å². The Morgan fingerprint density at radius 3 is 2.47 bits per heavy atom. The van der Waals surface area contributed by atoms with Crippen molar-refractivity contribution in [3.05, 3.63) is 52.5 Å². The summed E-state index contributed by atoms with van der Waals surface area (Å²) in [5.74, 6) is 0. The SMILES string of the molecule is CSc1cccc(Nc2ccccc2Br)c1C(N)=S. The van der Waals surface area contributed by atoms with Gasteiger partial charge in [-0.1, -0.05) is 30.4 Å². The minimum atomic E-state index is 0.402. The molecule has 0 saturated carbocycles. The molecule has 0 unspecified atom stereocenters. The predicted molar refractivity (Wildman–Crippen MR) is 91.5 cm³/mol. The topological polar surface area (TPSA) is 38.0 Å². The molecule has 0 fully saturated rings. The maximum atomic E-state index is 5.85. The van der Waals surface area contributed by atoms with Gasteiger partial charge in [-0.25, -0.2) is 0 Å². The van der Waals surface area contributed by atoms with Gasteiger partial charge < -0.3 is 11.1 Å². The lowest BCUT2D eigenvalue weighted by Crippen LogP contribution is -2.13. The van der Waals surface area contributed by atoms with Crippen molar-refractivity contribution in [3.63, 3.8) is 0 Å². The molecule has 19 heavy (non-hydrogen) atoms. The van der Waals surface area contributed by atoms with Crippen LogP contribution in [0.3, 0.4) is 0 Å². The van der Waals surface area contributed by atoms with Crippen molar-refractivity contribution < 1.29 is 0 Å². The Morgan fingerprint density at radius 2 is 1.84 bits per heavy atom. The van der Waals surface area contributed by atoms with Crippen LogP contribution in [0.1, 0.15) is 5.56 Å². The first-order valence-electron chi connectivity index (χ1n) is 5.62. The van der Waals surface area contributed by atoms with Gasteiger partial charge in [0.1, 0.15) is 4.99 Å². The van der Waals surface area contributed by atoms with Crippen molar-refractivity contribution in [3.8, 4) is 0 Å². The van der Waals surface area contributed by atoms with Crippen molar-refractivity contribution >= 4 is 56.3 Å². The third-order valence-electron chi connectivity index (χ3n) is 2.64. The zero-order valence-corrected chi connectivity index (χ0v) is 13.5. The minimum Gasteiger partial charge on any atom is -0.389 e. The van der Waals surface area contributed by atoms with Crippen LogP contribution < -0.4 is 11.1 Å². The highest BCUT2D eigenvalue weighted by molar-refractivity contribution is 9.10. The molecule has 2 aromatic rings. The van der Waals surface area contributed by atoms with E-state index in [1.54, 1.807) is 11.8 Å². The van der Waals surface area contributed by atoms with Gasteiger partial charge in [-0.15, -0.1) is 11.8 Å². The number of hydrogen-bond donors (Lipinski definition) is 2. The Balaban J connectivity index is 2.46. The van der Waals surface area contributed by atoms with Crippen LogP contribution in [0.5, 0.6) is 0 Å². The van der Waals surface area contributed by atoms with E-state index in [0.29, 0.717) is 4.99 Å². The molecule has 0 bridgehead atoms. The molecular formula is C14H13BrN2S2. The van der Waals surface area contributed by atoms with Gasteiger partial charge in [0.05, 0.1) is 5.69 Å². The summed E-state index contributed by atoms with van der Waals surface area (Å²) >= 11 is 10.3. The fraction of sp³-hybridized carbons (Fsp3) is 0.0714. The van der Waals surface area contributed by atoms with Crippen LogP contribution in [0.15, 0.2) is 51.8 Å². The van der Waals surface area contributed by atoms with E-state index < -0.39 is 0 Å². The Morgan fingerprint density at radius 1 is 1.16 bits per heavy atom. The molecule has 0 aliphatic rings. The summed E-state index contributed by atoms with van der Waals surface area (Å²) in [5.41, 5.74) is 8.65. The minimum absolute atomic E-state index is 0.402. The summed E-state index contributed by atoms with van der Waals surface area (Å²) in [6, 6.07) is 13.9. The molecule has 5 heteroatoms. The molecule has 0 heterocycles. The number of rotatable bonds is 4. The van der Waals surface area contributed by atoms with Crippen LogP contribution in [0.4, 0.5) is 11.4 Å². The van der Waals surface area contributed by atoms with Crippen LogP contribution in [0.2, 0.25) is 0 Å².